The maximum atomic E-state index is 11.8. The van der Waals surface area contributed by atoms with Crippen LogP contribution in [0.15, 0.2) is 47.3 Å². The third-order valence-corrected chi connectivity index (χ3v) is 2.45. The molecule has 0 bridgehead atoms. The second-order valence-electron chi connectivity index (χ2n) is 3.89. The van der Waals surface area contributed by atoms with Crippen molar-refractivity contribution in [1.29, 1.82) is 0 Å². The molecule has 6 heteroatoms. The van der Waals surface area contributed by atoms with Gasteiger partial charge in [0.2, 0.25) is 0 Å². The van der Waals surface area contributed by atoms with Crippen molar-refractivity contribution in [2.45, 2.75) is 6.92 Å². The zero-order valence-corrected chi connectivity index (χ0v) is 10.9. The van der Waals surface area contributed by atoms with Gasteiger partial charge >= 0.3 is 6.09 Å². The van der Waals surface area contributed by atoms with Crippen LogP contribution in [0.25, 0.3) is 0 Å². The van der Waals surface area contributed by atoms with Crippen molar-refractivity contribution in [2.75, 3.05) is 17.2 Å². The Morgan fingerprint density at radius 1 is 1.10 bits per heavy atom. The van der Waals surface area contributed by atoms with Crippen LogP contribution in [0.2, 0.25) is 0 Å². The van der Waals surface area contributed by atoms with Gasteiger partial charge in [-0.2, -0.15) is 0 Å². The number of nitrogens with one attached hydrogen (secondary N) is 2. The Morgan fingerprint density at radius 2 is 1.75 bits per heavy atom. The van der Waals surface area contributed by atoms with Crippen molar-refractivity contribution >= 4 is 23.4 Å². The van der Waals surface area contributed by atoms with E-state index in [0.29, 0.717) is 23.5 Å². The zero-order chi connectivity index (χ0) is 14.4. The third-order valence-electron chi connectivity index (χ3n) is 2.45. The first kappa shape index (κ1) is 13.7. The predicted molar refractivity (Wildman–Crippen MR) is 73.7 cm³/mol. The van der Waals surface area contributed by atoms with Crippen LogP contribution in [0.4, 0.5) is 16.2 Å². The Morgan fingerprint density at radius 3 is 2.30 bits per heavy atom. The topological polar surface area (TPSA) is 80.6 Å². The van der Waals surface area contributed by atoms with Crippen LogP contribution in [0.3, 0.4) is 0 Å². The molecule has 0 saturated carbocycles. The van der Waals surface area contributed by atoms with Gasteiger partial charge < -0.3 is 14.5 Å². The number of rotatable bonds is 4. The maximum absolute atomic E-state index is 11.8. The van der Waals surface area contributed by atoms with Gasteiger partial charge in [-0.15, -0.1) is 0 Å². The number of benzene rings is 1. The minimum atomic E-state index is -0.511. The minimum absolute atomic E-state index is 0.259. The van der Waals surface area contributed by atoms with Crippen LogP contribution in [0, 0.1) is 0 Å². The molecule has 1 aromatic heterocycles. The summed E-state index contributed by atoms with van der Waals surface area (Å²) in [4.78, 5) is 23.0. The highest BCUT2D eigenvalue weighted by atomic mass is 16.5. The van der Waals surface area contributed by atoms with E-state index < -0.39 is 6.09 Å². The third kappa shape index (κ3) is 3.61. The Hall–Kier alpha value is -2.76. The average molecular weight is 274 g/mol. The summed E-state index contributed by atoms with van der Waals surface area (Å²) in [5, 5.41) is 5.27. The molecule has 0 atom stereocenters. The van der Waals surface area contributed by atoms with Crippen LogP contribution in [0.5, 0.6) is 0 Å². The summed E-state index contributed by atoms with van der Waals surface area (Å²) in [6.45, 7) is 2.04. The van der Waals surface area contributed by atoms with Gasteiger partial charge in [0.15, 0.2) is 0 Å². The monoisotopic (exact) mass is 274 g/mol. The molecule has 1 aromatic carbocycles. The molecule has 0 fully saturated rings. The molecule has 2 N–H and O–H groups in total. The molecule has 2 amide bonds. The summed E-state index contributed by atoms with van der Waals surface area (Å²) in [6.07, 6.45) is 2.29. The Balaban J connectivity index is 1.95. The number of ether oxygens (including phenoxy) is 1. The first-order chi connectivity index (χ1) is 9.69. The largest absolute Gasteiger partial charge is 0.472 e. The molecule has 0 saturated heterocycles. The van der Waals surface area contributed by atoms with E-state index in [4.69, 9.17) is 9.15 Å². The lowest BCUT2D eigenvalue weighted by Crippen LogP contribution is -2.13. The van der Waals surface area contributed by atoms with Crippen LogP contribution in [-0.2, 0) is 4.74 Å². The van der Waals surface area contributed by atoms with Gasteiger partial charge in [0.25, 0.3) is 5.91 Å². The molecule has 2 rings (SSSR count). The number of carbonyl (C=O) groups excluding carboxylic acids is 2. The van der Waals surface area contributed by atoms with E-state index in [0.717, 1.165) is 0 Å². The Kier molecular flexibility index (Phi) is 4.39. The Bertz CT molecular complexity index is 576. The summed E-state index contributed by atoms with van der Waals surface area (Å²) >= 11 is 0. The molecule has 20 heavy (non-hydrogen) atoms. The van der Waals surface area contributed by atoms with Gasteiger partial charge in [0, 0.05) is 11.4 Å². The van der Waals surface area contributed by atoms with Crippen LogP contribution in [-0.4, -0.2) is 18.6 Å². The lowest BCUT2D eigenvalue weighted by Gasteiger charge is -2.07. The van der Waals surface area contributed by atoms with Crippen molar-refractivity contribution in [2.24, 2.45) is 0 Å². The molecule has 104 valence electrons. The first-order valence-electron chi connectivity index (χ1n) is 6.06. The summed E-state index contributed by atoms with van der Waals surface area (Å²) in [6, 6.07) is 8.27. The van der Waals surface area contributed by atoms with Crippen molar-refractivity contribution in [3.8, 4) is 0 Å². The van der Waals surface area contributed by atoms with E-state index in [1.165, 1.54) is 12.5 Å². The van der Waals surface area contributed by atoms with E-state index in [2.05, 4.69) is 10.6 Å². The van der Waals surface area contributed by atoms with Crippen LogP contribution in [0.1, 0.15) is 17.3 Å². The van der Waals surface area contributed by atoms with Crippen molar-refractivity contribution < 1.29 is 18.7 Å². The van der Waals surface area contributed by atoms with E-state index in [1.807, 2.05) is 0 Å². The van der Waals surface area contributed by atoms with Crippen molar-refractivity contribution in [3.05, 3.63) is 48.4 Å². The molecule has 0 aliphatic rings. The number of furan rings is 1. The van der Waals surface area contributed by atoms with Gasteiger partial charge in [0.1, 0.15) is 6.26 Å². The number of amides is 2. The Labute approximate surface area is 115 Å². The van der Waals surface area contributed by atoms with E-state index >= 15 is 0 Å². The number of hydrogen-bond donors (Lipinski definition) is 2. The summed E-state index contributed by atoms with van der Waals surface area (Å²) in [7, 11) is 0. The van der Waals surface area contributed by atoms with E-state index in [-0.39, 0.29) is 5.91 Å². The first-order valence-corrected chi connectivity index (χ1v) is 6.06. The minimum Gasteiger partial charge on any atom is -0.472 e. The van der Waals surface area contributed by atoms with Crippen molar-refractivity contribution in [3.63, 3.8) is 0 Å². The molecular weight excluding hydrogens is 260 g/mol. The maximum Gasteiger partial charge on any atom is 0.411 e. The highest BCUT2D eigenvalue weighted by molar-refractivity contribution is 6.04. The number of carbonyl (C=O) groups is 2. The molecule has 2 aromatic rings. The van der Waals surface area contributed by atoms with Crippen LogP contribution >= 0.6 is 0 Å². The molecular formula is C14H14N2O4. The van der Waals surface area contributed by atoms with Gasteiger partial charge in [0.05, 0.1) is 18.4 Å². The van der Waals surface area contributed by atoms with Gasteiger partial charge in [-0.05, 0) is 37.3 Å². The quantitative estimate of drug-likeness (QED) is 0.897. The fraction of sp³-hybridized carbons (Fsp3) is 0.143. The number of anilines is 2. The molecule has 0 radical (unpaired) electrons. The smallest absolute Gasteiger partial charge is 0.411 e. The second kappa shape index (κ2) is 6.42. The van der Waals surface area contributed by atoms with E-state index in [1.54, 1.807) is 37.3 Å². The summed E-state index contributed by atoms with van der Waals surface area (Å²) in [5.74, 6) is -0.259. The van der Waals surface area contributed by atoms with Gasteiger partial charge in [-0.25, -0.2) is 4.79 Å². The van der Waals surface area contributed by atoms with Gasteiger partial charge in [-0.3, -0.25) is 10.1 Å². The normalized spacial score (nSPS) is 9.85. The highest BCUT2D eigenvalue weighted by Gasteiger charge is 2.07. The standard InChI is InChI=1S/C14H14N2O4/c1-2-20-14(18)16-12-5-3-11(4-6-12)15-13(17)10-7-8-19-9-10/h3-9H,2H2,1H3,(H,15,17)(H,16,18). The zero-order valence-electron chi connectivity index (χ0n) is 10.9. The van der Waals surface area contributed by atoms with Crippen molar-refractivity contribution in [1.82, 2.24) is 0 Å². The fourth-order valence-corrected chi connectivity index (χ4v) is 1.52. The highest BCUT2D eigenvalue weighted by Crippen LogP contribution is 2.15. The lowest BCUT2D eigenvalue weighted by molar-refractivity contribution is 0.102. The summed E-state index contributed by atoms with van der Waals surface area (Å²) in [5.41, 5.74) is 1.65. The van der Waals surface area contributed by atoms with Gasteiger partial charge in [-0.1, -0.05) is 0 Å². The molecule has 0 aliphatic carbocycles. The molecule has 1 heterocycles. The summed E-state index contributed by atoms with van der Waals surface area (Å²) < 4.78 is 9.60. The molecule has 0 spiro atoms. The average Bonchev–Trinajstić information content (AvgIpc) is 2.95. The fourth-order valence-electron chi connectivity index (χ4n) is 1.52. The predicted octanol–water partition coefficient (Wildman–Crippen LogP) is 3.10. The van der Waals surface area contributed by atoms with E-state index in [9.17, 15) is 9.59 Å². The molecule has 0 aliphatic heterocycles. The number of hydrogen-bond acceptors (Lipinski definition) is 4. The lowest BCUT2D eigenvalue weighted by atomic mass is 10.2. The second-order valence-corrected chi connectivity index (χ2v) is 3.89. The van der Waals surface area contributed by atoms with Crippen LogP contribution < -0.4 is 10.6 Å². The molecule has 6 nitrogen and oxygen atoms in total. The molecule has 0 unspecified atom stereocenters. The SMILES string of the molecule is CCOC(=O)Nc1ccc(NC(=O)c2ccoc2)cc1.